The van der Waals surface area contributed by atoms with Crippen LogP contribution in [0, 0.1) is 0 Å². The molecule has 0 aliphatic heterocycles. The Kier molecular flexibility index (Phi) is 4.47. The van der Waals surface area contributed by atoms with Crippen LogP contribution in [-0.2, 0) is 9.53 Å². The van der Waals surface area contributed by atoms with Gasteiger partial charge in [-0.2, -0.15) is 0 Å². The molecule has 0 aromatic carbocycles. The summed E-state index contributed by atoms with van der Waals surface area (Å²) in [5.41, 5.74) is -1.08. The molecule has 0 radical (unpaired) electrons. The first kappa shape index (κ1) is 14.9. The minimum atomic E-state index is -0.827. The lowest BCUT2D eigenvalue weighted by atomic mass is 10.2. The van der Waals surface area contributed by atoms with Gasteiger partial charge < -0.3 is 15.0 Å². The molecule has 0 saturated heterocycles. The Labute approximate surface area is 111 Å². The van der Waals surface area contributed by atoms with Crippen molar-refractivity contribution in [2.24, 2.45) is 0 Å². The van der Waals surface area contributed by atoms with Gasteiger partial charge in [-0.1, -0.05) is 0 Å². The average Bonchev–Trinajstić information content (AvgIpc) is 2.27. The smallest absolute Gasteiger partial charge is 0.328 e. The predicted molar refractivity (Wildman–Crippen MR) is 69.8 cm³/mol. The third-order valence-corrected chi connectivity index (χ3v) is 2.18. The maximum Gasteiger partial charge on any atom is 0.328 e. The number of amides is 1. The molecule has 0 saturated carbocycles. The molecule has 19 heavy (non-hydrogen) atoms. The number of H-pyrrole nitrogens is 1. The molecule has 1 amide bonds. The molecule has 6 heteroatoms. The molecule has 1 aromatic rings. The predicted octanol–water partition coefficient (Wildman–Crippen LogP) is 0.835. The maximum absolute atomic E-state index is 11.8. The minimum Gasteiger partial charge on any atom is -0.458 e. The molecule has 0 aliphatic carbocycles. The van der Waals surface area contributed by atoms with Crippen LogP contribution in [0.15, 0.2) is 23.3 Å². The summed E-state index contributed by atoms with van der Waals surface area (Å²) in [6.45, 7) is 6.72. The number of rotatable bonds is 3. The topological polar surface area (TPSA) is 88.3 Å². The van der Waals surface area contributed by atoms with E-state index in [4.69, 9.17) is 4.74 Å². The molecule has 6 nitrogen and oxygen atoms in total. The van der Waals surface area contributed by atoms with E-state index in [9.17, 15) is 14.4 Å². The van der Waals surface area contributed by atoms with Gasteiger partial charge in [-0.05, 0) is 27.7 Å². The second-order valence-corrected chi connectivity index (χ2v) is 5.15. The van der Waals surface area contributed by atoms with E-state index in [2.05, 4.69) is 10.3 Å². The molecule has 104 valence electrons. The van der Waals surface area contributed by atoms with Crippen molar-refractivity contribution in [3.63, 3.8) is 0 Å². The van der Waals surface area contributed by atoms with E-state index in [0.717, 1.165) is 0 Å². The number of nitrogens with one attached hydrogen (secondary N) is 2. The van der Waals surface area contributed by atoms with Gasteiger partial charge in [0.1, 0.15) is 17.2 Å². The van der Waals surface area contributed by atoms with E-state index in [1.165, 1.54) is 25.4 Å². The Morgan fingerprint density at radius 1 is 1.37 bits per heavy atom. The van der Waals surface area contributed by atoms with E-state index >= 15 is 0 Å². The first-order chi connectivity index (χ1) is 8.70. The van der Waals surface area contributed by atoms with Gasteiger partial charge in [0.15, 0.2) is 5.43 Å². The van der Waals surface area contributed by atoms with Gasteiger partial charge in [-0.15, -0.1) is 0 Å². The molecule has 0 fully saturated rings. The lowest BCUT2D eigenvalue weighted by Gasteiger charge is -2.22. The normalized spacial score (nSPS) is 12.6. The molecule has 1 rings (SSSR count). The van der Waals surface area contributed by atoms with E-state index in [1.807, 2.05) is 0 Å². The monoisotopic (exact) mass is 266 g/mol. The summed E-state index contributed by atoms with van der Waals surface area (Å²) in [7, 11) is 0. The van der Waals surface area contributed by atoms with Crippen LogP contribution in [0.1, 0.15) is 38.1 Å². The fraction of sp³-hybridized carbons (Fsp3) is 0.462. The molecular weight excluding hydrogens is 248 g/mol. The zero-order valence-corrected chi connectivity index (χ0v) is 11.4. The third-order valence-electron chi connectivity index (χ3n) is 2.18. The molecule has 0 spiro atoms. The van der Waals surface area contributed by atoms with Gasteiger partial charge in [-0.25, -0.2) is 4.79 Å². The highest BCUT2D eigenvalue weighted by Gasteiger charge is 2.23. The average molecular weight is 266 g/mol. The largest absolute Gasteiger partial charge is 0.458 e. The van der Waals surface area contributed by atoms with Crippen LogP contribution in [-0.4, -0.2) is 28.5 Å². The van der Waals surface area contributed by atoms with Crippen molar-refractivity contribution < 1.29 is 14.3 Å². The van der Waals surface area contributed by atoms with Crippen LogP contribution in [0.4, 0.5) is 0 Å². The number of ether oxygens (including phenoxy) is 1. The summed E-state index contributed by atoms with van der Waals surface area (Å²) in [6.07, 6.45) is 2.72. The molecule has 0 bridgehead atoms. The first-order valence-corrected chi connectivity index (χ1v) is 5.91. The number of pyridine rings is 1. The summed E-state index contributed by atoms with van der Waals surface area (Å²) in [5.74, 6) is -1.16. The summed E-state index contributed by atoms with van der Waals surface area (Å²) in [6, 6.07) is 0.416. The van der Waals surface area contributed by atoms with Crippen molar-refractivity contribution in [1.82, 2.24) is 10.3 Å². The highest BCUT2D eigenvalue weighted by Crippen LogP contribution is 2.08. The van der Waals surface area contributed by atoms with Gasteiger partial charge in [0.2, 0.25) is 0 Å². The van der Waals surface area contributed by atoms with Gasteiger partial charge in [0.25, 0.3) is 5.91 Å². The number of hydrogen-bond donors (Lipinski definition) is 2. The maximum atomic E-state index is 11.8. The van der Waals surface area contributed by atoms with Gasteiger partial charge in [-0.3, -0.25) is 9.59 Å². The second kappa shape index (κ2) is 5.69. The van der Waals surface area contributed by atoms with Crippen LogP contribution in [0.3, 0.4) is 0 Å². The molecule has 0 aliphatic rings. The van der Waals surface area contributed by atoms with Crippen molar-refractivity contribution in [3.8, 4) is 0 Å². The molecule has 1 heterocycles. The van der Waals surface area contributed by atoms with Crippen LogP contribution in [0.25, 0.3) is 0 Å². The van der Waals surface area contributed by atoms with Crippen LogP contribution < -0.4 is 10.7 Å². The Balaban J connectivity index is 2.70. The van der Waals surface area contributed by atoms with Gasteiger partial charge >= 0.3 is 5.97 Å². The number of carbonyl (C=O) groups excluding carboxylic acids is 2. The van der Waals surface area contributed by atoms with Gasteiger partial charge in [0, 0.05) is 18.5 Å². The lowest BCUT2D eigenvalue weighted by Crippen LogP contribution is -2.43. The molecule has 2 N–H and O–H groups in total. The van der Waals surface area contributed by atoms with E-state index in [1.54, 1.807) is 20.8 Å². The third kappa shape index (κ3) is 4.57. The van der Waals surface area contributed by atoms with Crippen LogP contribution >= 0.6 is 0 Å². The van der Waals surface area contributed by atoms with Crippen molar-refractivity contribution in [2.75, 3.05) is 0 Å². The molecule has 0 unspecified atom stereocenters. The first-order valence-electron chi connectivity index (χ1n) is 5.91. The van der Waals surface area contributed by atoms with Crippen LogP contribution in [0.2, 0.25) is 0 Å². The van der Waals surface area contributed by atoms with Crippen molar-refractivity contribution in [2.45, 2.75) is 39.3 Å². The Hall–Kier alpha value is -2.11. The van der Waals surface area contributed by atoms with Crippen molar-refractivity contribution >= 4 is 11.9 Å². The Morgan fingerprint density at radius 3 is 2.53 bits per heavy atom. The fourth-order valence-electron chi connectivity index (χ4n) is 1.32. The van der Waals surface area contributed by atoms with Gasteiger partial charge in [0.05, 0.1) is 0 Å². The van der Waals surface area contributed by atoms with E-state index in [-0.39, 0.29) is 5.56 Å². The van der Waals surface area contributed by atoms with Crippen LogP contribution in [0.5, 0.6) is 0 Å². The fourth-order valence-corrected chi connectivity index (χ4v) is 1.32. The second-order valence-electron chi connectivity index (χ2n) is 5.15. The number of aromatic nitrogens is 1. The number of hydrogen-bond acceptors (Lipinski definition) is 4. The highest BCUT2D eigenvalue weighted by molar-refractivity contribution is 5.96. The Bertz CT molecular complexity index is 528. The Morgan fingerprint density at radius 2 is 2.00 bits per heavy atom. The number of esters is 1. The standard InChI is InChI=1S/C13H18N2O4/c1-8(12(18)19-13(2,3)4)15-11(17)9-7-14-6-5-10(9)16/h5-8H,1-4H3,(H,14,16)(H,15,17)/t8-/m0/s1. The molecule has 1 aromatic heterocycles. The molecular formula is C13H18N2O4. The number of aromatic amines is 1. The highest BCUT2D eigenvalue weighted by atomic mass is 16.6. The zero-order valence-electron chi connectivity index (χ0n) is 11.4. The minimum absolute atomic E-state index is 0.0436. The van der Waals surface area contributed by atoms with E-state index in [0.29, 0.717) is 0 Å². The van der Waals surface area contributed by atoms with E-state index < -0.39 is 28.9 Å². The quantitative estimate of drug-likeness (QED) is 0.793. The van der Waals surface area contributed by atoms with Crippen molar-refractivity contribution in [3.05, 3.63) is 34.2 Å². The summed E-state index contributed by atoms with van der Waals surface area (Å²) in [5, 5.41) is 2.43. The SMILES string of the molecule is C[C@H](NC(=O)c1c[nH]ccc1=O)C(=O)OC(C)(C)C. The van der Waals surface area contributed by atoms with Crippen molar-refractivity contribution in [1.29, 1.82) is 0 Å². The number of carbonyl (C=O) groups is 2. The lowest BCUT2D eigenvalue weighted by molar-refractivity contribution is -0.156. The summed E-state index contributed by atoms with van der Waals surface area (Å²) < 4.78 is 5.13. The molecule has 1 atom stereocenters. The zero-order chi connectivity index (χ0) is 14.6. The summed E-state index contributed by atoms with van der Waals surface area (Å²) in [4.78, 5) is 37.6. The summed E-state index contributed by atoms with van der Waals surface area (Å²) >= 11 is 0.